The van der Waals surface area contributed by atoms with Gasteiger partial charge in [-0.1, -0.05) is 44.7 Å². The fraction of sp³-hybridized carbons (Fsp3) is 0.333. The molecule has 0 N–H and O–H groups in total. The highest BCUT2D eigenvalue weighted by Gasteiger charge is 2.21. The molecule has 0 radical (unpaired) electrons. The minimum Gasteiger partial charge on any atom is -0.486 e. The number of ether oxygens (including phenoxy) is 1. The van der Waals surface area contributed by atoms with Crippen LogP contribution in [0.1, 0.15) is 38.0 Å². The molecule has 1 nitrogen and oxygen atoms in total. The van der Waals surface area contributed by atoms with Gasteiger partial charge in [-0.05, 0) is 6.92 Å². The Labute approximate surface area is 80.0 Å². The maximum atomic E-state index is 5.44. The predicted octanol–water partition coefficient (Wildman–Crippen LogP) is 3.77. The zero-order valence-electron chi connectivity index (χ0n) is 8.50. The summed E-state index contributed by atoms with van der Waals surface area (Å²) in [4.78, 5) is 0. The van der Waals surface area contributed by atoms with Gasteiger partial charge in [0.15, 0.2) is 0 Å². The number of benzene rings is 1. The molecule has 13 heavy (non-hydrogen) atoms. The largest absolute Gasteiger partial charge is 0.486 e. The maximum Gasteiger partial charge on any atom is 0.122 e. The quantitative estimate of drug-likeness (QED) is 0.584. The summed E-state index contributed by atoms with van der Waals surface area (Å²) in [5.41, 5.74) is 2.40. The van der Waals surface area contributed by atoms with Gasteiger partial charge in [0.05, 0.1) is 0 Å². The molecule has 0 bridgehead atoms. The fourth-order valence-electron chi connectivity index (χ4n) is 1.45. The minimum atomic E-state index is 0.179. The Morgan fingerprint density at radius 3 is 2.46 bits per heavy atom. The molecule has 0 saturated carbocycles. The number of hydrogen-bond acceptors (Lipinski definition) is 1. The van der Waals surface area contributed by atoms with Crippen molar-refractivity contribution in [1.82, 2.24) is 0 Å². The van der Waals surface area contributed by atoms with E-state index in [0.29, 0.717) is 0 Å². The Kier molecular flexibility index (Phi) is 3.13. The van der Waals surface area contributed by atoms with Crippen LogP contribution >= 0.6 is 0 Å². The summed E-state index contributed by atoms with van der Waals surface area (Å²) in [6.45, 7) is 9.86. The third kappa shape index (κ3) is 1.74. The molecule has 0 aromatic heterocycles. The first-order valence-electron chi connectivity index (χ1n) is 4.74. The molecule has 1 atom stereocenters. The van der Waals surface area contributed by atoms with Crippen molar-refractivity contribution < 1.29 is 4.74 Å². The van der Waals surface area contributed by atoms with E-state index in [9.17, 15) is 0 Å². The molecule has 0 spiro atoms. The first-order chi connectivity index (χ1) is 6.29. The van der Waals surface area contributed by atoms with Gasteiger partial charge in [0.1, 0.15) is 11.9 Å². The smallest absolute Gasteiger partial charge is 0.122 e. The summed E-state index contributed by atoms with van der Waals surface area (Å²) in [6, 6.07) is 8.15. The first-order valence-corrected chi connectivity index (χ1v) is 4.74. The lowest BCUT2D eigenvalue weighted by Gasteiger charge is -2.01. The summed E-state index contributed by atoms with van der Waals surface area (Å²) < 4.78 is 5.44. The normalized spacial score (nSPS) is 18.4. The van der Waals surface area contributed by atoms with E-state index in [4.69, 9.17) is 4.74 Å². The van der Waals surface area contributed by atoms with Gasteiger partial charge in [-0.3, -0.25) is 0 Å². The van der Waals surface area contributed by atoms with Gasteiger partial charge in [-0.15, -0.1) is 0 Å². The average Bonchev–Trinajstić information content (AvgIpc) is 2.47. The van der Waals surface area contributed by atoms with Gasteiger partial charge >= 0.3 is 0 Å². The molecule has 70 valence electrons. The van der Waals surface area contributed by atoms with Crippen molar-refractivity contribution in [2.75, 3.05) is 0 Å². The number of rotatable bonds is 0. The highest BCUT2D eigenvalue weighted by Crippen LogP contribution is 2.36. The summed E-state index contributed by atoms with van der Waals surface area (Å²) in [5, 5.41) is 0. The third-order valence-corrected chi connectivity index (χ3v) is 2.02. The summed E-state index contributed by atoms with van der Waals surface area (Å²) >= 11 is 0. The highest BCUT2D eigenvalue weighted by atomic mass is 16.5. The average molecular weight is 176 g/mol. The Bertz CT molecular complexity index is 302. The van der Waals surface area contributed by atoms with E-state index >= 15 is 0 Å². The van der Waals surface area contributed by atoms with Gasteiger partial charge in [-0.2, -0.15) is 0 Å². The maximum absolute atomic E-state index is 5.44. The summed E-state index contributed by atoms with van der Waals surface area (Å²) in [6.07, 6.45) is 0.179. The summed E-state index contributed by atoms with van der Waals surface area (Å²) in [7, 11) is 0. The lowest BCUT2D eigenvalue weighted by atomic mass is 10.1. The number of fused-ring (bicyclic) bond motifs is 1. The predicted molar refractivity (Wildman–Crippen MR) is 56.3 cm³/mol. The van der Waals surface area contributed by atoms with Gasteiger partial charge < -0.3 is 4.74 Å². The monoisotopic (exact) mass is 176 g/mol. The van der Waals surface area contributed by atoms with Gasteiger partial charge in [0, 0.05) is 11.1 Å². The van der Waals surface area contributed by atoms with Crippen LogP contribution in [-0.4, -0.2) is 0 Å². The molecule has 1 aromatic rings. The molecule has 1 unspecified atom stereocenters. The van der Waals surface area contributed by atoms with Crippen LogP contribution < -0.4 is 0 Å². The molecule has 1 heterocycles. The van der Waals surface area contributed by atoms with Gasteiger partial charge in [0.25, 0.3) is 0 Å². The van der Waals surface area contributed by atoms with E-state index in [1.165, 1.54) is 5.56 Å². The Hall–Kier alpha value is -1.24. The van der Waals surface area contributed by atoms with E-state index in [1.807, 2.05) is 39.0 Å². The van der Waals surface area contributed by atoms with Crippen molar-refractivity contribution in [2.24, 2.45) is 0 Å². The Morgan fingerprint density at radius 2 is 1.85 bits per heavy atom. The molecule has 1 heteroatoms. The van der Waals surface area contributed by atoms with Crippen LogP contribution in [0, 0.1) is 0 Å². The lowest BCUT2D eigenvalue weighted by Crippen LogP contribution is -1.85. The van der Waals surface area contributed by atoms with E-state index in [2.05, 4.69) is 12.6 Å². The standard InChI is InChI=1S/C10H10O.C2H6/c1-7-9-5-3-4-6-10(9)8(2)11-7;1-2/h3-6,8H,1H2,2H3;1-2H3. The topological polar surface area (TPSA) is 9.23 Å². The van der Waals surface area contributed by atoms with Gasteiger partial charge in [0.2, 0.25) is 0 Å². The zero-order valence-corrected chi connectivity index (χ0v) is 8.50. The van der Waals surface area contributed by atoms with Crippen LogP contribution in [0.2, 0.25) is 0 Å². The SMILES string of the molecule is C=C1OC(C)c2ccccc21.CC. The van der Waals surface area contributed by atoms with Crippen LogP contribution in [0.25, 0.3) is 5.76 Å². The van der Waals surface area contributed by atoms with Crippen LogP contribution in [0.4, 0.5) is 0 Å². The van der Waals surface area contributed by atoms with E-state index in [1.54, 1.807) is 0 Å². The molecule has 0 aliphatic carbocycles. The van der Waals surface area contributed by atoms with Crippen LogP contribution in [0.15, 0.2) is 30.8 Å². The molecule has 1 aliphatic heterocycles. The van der Waals surface area contributed by atoms with Crippen molar-refractivity contribution in [1.29, 1.82) is 0 Å². The Balaban J connectivity index is 0.000000396. The lowest BCUT2D eigenvalue weighted by molar-refractivity contribution is 0.209. The van der Waals surface area contributed by atoms with Crippen molar-refractivity contribution in [3.63, 3.8) is 0 Å². The first kappa shape index (κ1) is 9.85. The molecule has 2 rings (SSSR count). The third-order valence-electron chi connectivity index (χ3n) is 2.02. The second-order valence-corrected chi connectivity index (χ2v) is 2.77. The second kappa shape index (κ2) is 4.13. The van der Waals surface area contributed by atoms with E-state index < -0.39 is 0 Å². The molecular formula is C12H16O. The summed E-state index contributed by atoms with van der Waals surface area (Å²) in [5.74, 6) is 0.799. The molecule has 1 aromatic carbocycles. The molecule has 0 amide bonds. The molecule has 0 fully saturated rings. The highest BCUT2D eigenvalue weighted by molar-refractivity contribution is 5.65. The van der Waals surface area contributed by atoms with E-state index in [0.717, 1.165) is 11.3 Å². The molecule has 1 aliphatic rings. The molecular weight excluding hydrogens is 160 g/mol. The van der Waals surface area contributed by atoms with Crippen LogP contribution in [0.5, 0.6) is 0 Å². The minimum absolute atomic E-state index is 0.179. The van der Waals surface area contributed by atoms with E-state index in [-0.39, 0.29) is 6.10 Å². The second-order valence-electron chi connectivity index (χ2n) is 2.77. The number of hydrogen-bond donors (Lipinski definition) is 0. The fourth-order valence-corrected chi connectivity index (χ4v) is 1.45. The van der Waals surface area contributed by atoms with Crippen molar-refractivity contribution in [3.8, 4) is 0 Å². The Morgan fingerprint density at radius 1 is 1.23 bits per heavy atom. The van der Waals surface area contributed by atoms with Crippen molar-refractivity contribution in [2.45, 2.75) is 26.9 Å². The zero-order chi connectivity index (χ0) is 9.84. The van der Waals surface area contributed by atoms with Crippen LogP contribution in [0.3, 0.4) is 0 Å². The van der Waals surface area contributed by atoms with Gasteiger partial charge in [-0.25, -0.2) is 0 Å². The van der Waals surface area contributed by atoms with Crippen molar-refractivity contribution >= 4 is 5.76 Å². The van der Waals surface area contributed by atoms with Crippen molar-refractivity contribution in [3.05, 3.63) is 42.0 Å². The molecule has 0 saturated heterocycles. The van der Waals surface area contributed by atoms with Crippen LogP contribution in [-0.2, 0) is 4.74 Å².